The van der Waals surface area contributed by atoms with E-state index in [4.69, 9.17) is 14.6 Å². The standard InChI is InChI=1S/C12H22O11/c13-1-5-7(16)9(18)12(21,10(19)23-5)11(20)6(2-14)22-3-4(15)8(11)17/h4-10,13-21H,1-3H2/t4-,5+,6+,7+,8+,9-,10-,11+,12+/m0/s1. The molecule has 23 heavy (non-hydrogen) atoms. The molecule has 0 spiro atoms. The van der Waals surface area contributed by atoms with Gasteiger partial charge in [0.05, 0.1) is 19.8 Å². The maximum Gasteiger partial charge on any atom is 0.190 e. The number of aliphatic hydroxyl groups is 9. The molecule has 11 heteroatoms. The van der Waals surface area contributed by atoms with E-state index in [0.29, 0.717) is 0 Å². The van der Waals surface area contributed by atoms with Crippen LogP contribution in [0.2, 0.25) is 0 Å². The Morgan fingerprint density at radius 2 is 1.48 bits per heavy atom. The van der Waals surface area contributed by atoms with Gasteiger partial charge in [-0.05, 0) is 0 Å². The Labute approximate surface area is 130 Å². The van der Waals surface area contributed by atoms with Gasteiger partial charge in [-0.2, -0.15) is 0 Å². The lowest BCUT2D eigenvalue weighted by atomic mass is 9.66. The zero-order valence-corrected chi connectivity index (χ0v) is 12.0. The van der Waals surface area contributed by atoms with Crippen LogP contribution in [0.3, 0.4) is 0 Å². The molecule has 0 bridgehead atoms. The van der Waals surface area contributed by atoms with Crippen LogP contribution in [-0.4, -0.2) is 120 Å². The molecule has 2 heterocycles. The summed E-state index contributed by atoms with van der Waals surface area (Å²) in [5.41, 5.74) is -6.12. The van der Waals surface area contributed by atoms with E-state index in [1.807, 2.05) is 0 Å². The molecule has 0 unspecified atom stereocenters. The van der Waals surface area contributed by atoms with Crippen molar-refractivity contribution in [3.8, 4) is 0 Å². The quantitative estimate of drug-likeness (QED) is 0.236. The molecule has 0 radical (unpaired) electrons. The summed E-state index contributed by atoms with van der Waals surface area (Å²) >= 11 is 0. The second-order valence-electron chi connectivity index (χ2n) is 5.81. The van der Waals surface area contributed by atoms with E-state index in [-0.39, 0.29) is 0 Å². The second-order valence-corrected chi connectivity index (χ2v) is 5.81. The van der Waals surface area contributed by atoms with E-state index < -0.39 is 73.9 Å². The molecule has 2 aliphatic heterocycles. The predicted octanol–water partition coefficient (Wildman–Crippen LogP) is -6.01. The van der Waals surface area contributed by atoms with Crippen LogP contribution in [-0.2, 0) is 9.47 Å². The minimum absolute atomic E-state index is 0.486. The summed E-state index contributed by atoms with van der Waals surface area (Å²) in [6.45, 7) is -2.24. The SMILES string of the molecule is OC[C@H]1O[C@H](O)[C@@](O)([C@]2(O)[C@H](O)[C@@H](O)CO[C@@H]2CO)[C@@H](O)[C@@H]1O. The highest BCUT2D eigenvalue weighted by molar-refractivity contribution is 5.19. The van der Waals surface area contributed by atoms with Crippen LogP contribution in [0.5, 0.6) is 0 Å². The van der Waals surface area contributed by atoms with Crippen molar-refractivity contribution in [1.29, 1.82) is 0 Å². The highest BCUT2D eigenvalue weighted by atomic mass is 16.7. The Morgan fingerprint density at radius 3 is 2.00 bits per heavy atom. The first-order chi connectivity index (χ1) is 10.7. The van der Waals surface area contributed by atoms with Crippen LogP contribution >= 0.6 is 0 Å². The summed E-state index contributed by atoms with van der Waals surface area (Å²) in [6.07, 6.45) is -13.7. The Bertz CT molecular complexity index is 418. The number of aliphatic hydroxyl groups excluding tert-OH is 7. The van der Waals surface area contributed by atoms with Crippen molar-refractivity contribution in [3.05, 3.63) is 0 Å². The smallest absolute Gasteiger partial charge is 0.190 e. The van der Waals surface area contributed by atoms with E-state index in [2.05, 4.69) is 0 Å². The van der Waals surface area contributed by atoms with Gasteiger partial charge in [-0.3, -0.25) is 0 Å². The van der Waals surface area contributed by atoms with Crippen LogP contribution in [0.4, 0.5) is 0 Å². The van der Waals surface area contributed by atoms with Crippen molar-refractivity contribution >= 4 is 0 Å². The Kier molecular flexibility index (Phi) is 5.31. The minimum atomic E-state index is -3.13. The topological polar surface area (TPSA) is 201 Å². The third-order valence-corrected chi connectivity index (χ3v) is 4.60. The highest BCUT2D eigenvalue weighted by Gasteiger charge is 2.72. The van der Waals surface area contributed by atoms with Crippen molar-refractivity contribution in [2.45, 2.75) is 54.1 Å². The molecule has 0 aromatic heterocycles. The van der Waals surface area contributed by atoms with E-state index in [1.165, 1.54) is 0 Å². The van der Waals surface area contributed by atoms with E-state index in [0.717, 1.165) is 0 Å². The zero-order chi connectivity index (χ0) is 17.6. The summed E-state index contributed by atoms with van der Waals surface area (Å²) in [6, 6.07) is 0. The fourth-order valence-electron chi connectivity index (χ4n) is 3.15. The molecule has 2 fully saturated rings. The average Bonchev–Trinajstić information content (AvgIpc) is 2.54. The van der Waals surface area contributed by atoms with Gasteiger partial charge in [-0.1, -0.05) is 0 Å². The van der Waals surface area contributed by atoms with Gasteiger partial charge in [0, 0.05) is 0 Å². The first kappa shape index (κ1) is 18.9. The minimum Gasteiger partial charge on any atom is -0.394 e. The first-order valence-corrected chi connectivity index (χ1v) is 7.00. The molecule has 136 valence electrons. The molecule has 9 atom stereocenters. The fraction of sp³-hybridized carbons (Fsp3) is 1.00. The Balaban J connectivity index is 2.49. The molecular weight excluding hydrogens is 320 g/mol. The fourth-order valence-corrected chi connectivity index (χ4v) is 3.15. The molecule has 11 nitrogen and oxygen atoms in total. The van der Waals surface area contributed by atoms with Crippen molar-refractivity contribution in [2.75, 3.05) is 19.8 Å². The molecule has 9 N–H and O–H groups in total. The third kappa shape index (κ3) is 2.49. The van der Waals surface area contributed by atoms with Crippen molar-refractivity contribution < 1.29 is 55.4 Å². The Hall–Kier alpha value is -0.440. The van der Waals surface area contributed by atoms with Crippen LogP contribution in [0.25, 0.3) is 0 Å². The monoisotopic (exact) mass is 342 g/mol. The van der Waals surface area contributed by atoms with Crippen LogP contribution in [0.15, 0.2) is 0 Å². The zero-order valence-electron chi connectivity index (χ0n) is 12.0. The maximum atomic E-state index is 10.8. The first-order valence-electron chi connectivity index (χ1n) is 7.00. The molecule has 2 rings (SSSR count). The molecular formula is C12H22O11. The van der Waals surface area contributed by atoms with Crippen LogP contribution in [0.1, 0.15) is 0 Å². The average molecular weight is 342 g/mol. The maximum absolute atomic E-state index is 10.8. The van der Waals surface area contributed by atoms with Gasteiger partial charge in [0.1, 0.15) is 36.6 Å². The molecule has 0 amide bonds. The van der Waals surface area contributed by atoms with Gasteiger partial charge < -0.3 is 55.4 Å². The van der Waals surface area contributed by atoms with Gasteiger partial charge in [-0.15, -0.1) is 0 Å². The van der Waals surface area contributed by atoms with Crippen molar-refractivity contribution in [3.63, 3.8) is 0 Å². The van der Waals surface area contributed by atoms with Crippen LogP contribution in [0, 0.1) is 0 Å². The van der Waals surface area contributed by atoms with E-state index in [9.17, 15) is 40.9 Å². The summed E-state index contributed by atoms with van der Waals surface area (Å²) in [5.74, 6) is 0. The van der Waals surface area contributed by atoms with E-state index >= 15 is 0 Å². The van der Waals surface area contributed by atoms with Gasteiger partial charge >= 0.3 is 0 Å². The number of rotatable bonds is 3. The number of ether oxygens (including phenoxy) is 2. The molecule has 0 saturated carbocycles. The summed E-state index contributed by atoms with van der Waals surface area (Å²) in [4.78, 5) is 0. The normalized spacial score (nSPS) is 54.9. The van der Waals surface area contributed by atoms with Gasteiger partial charge in [0.25, 0.3) is 0 Å². The molecule has 0 aromatic carbocycles. The van der Waals surface area contributed by atoms with Gasteiger partial charge in [0.2, 0.25) is 0 Å². The summed E-state index contributed by atoms with van der Waals surface area (Å²) < 4.78 is 9.73. The number of hydrogen-bond acceptors (Lipinski definition) is 11. The molecule has 0 aliphatic carbocycles. The Morgan fingerprint density at radius 1 is 0.870 bits per heavy atom. The molecule has 2 aliphatic rings. The lowest BCUT2D eigenvalue weighted by Gasteiger charge is -2.58. The third-order valence-electron chi connectivity index (χ3n) is 4.60. The number of hydrogen-bond donors (Lipinski definition) is 9. The van der Waals surface area contributed by atoms with Crippen molar-refractivity contribution in [1.82, 2.24) is 0 Å². The summed E-state index contributed by atoms with van der Waals surface area (Å²) in [5, 5.41) is 89.6. The second kappa shape index (κ2) is 6.46. The van der Waals surface area contributed by atoms with Gasteiger partial charge in [0.15, 0.2) is 17.5 Å². The highest BCUT2D eigenvalue weighted by Crippen LogP contribution is 2.44. The van der Waals surface area contributed by atoms with E-state index in [1.54, 1.807) is 0 Å². The van der Waals surface area contributed by atoms with Crippen molar-refractivity contribution in [2.24, 2.45) is 0 Å². The lowest BCUT2D eigenvalue weighted by Crippen LogP contribution is -2.84. The largest absolute Gasteiger partial charge is 0.394 e. The summed E-state index contributed by atoms with van der Waals surface area (Å²) in [7, 11) is 0. The predicted molar refractivity (Wildman–Crippen MR) is 68.7 cm³/mol. The molecule has 2 saturated heterocycles. The molecule has 0 aromatic rings. The van der Waals surface area contributed by atoms with Gasteiger partial charge in [-0.25, -0.2) is 0 Å². The lowest BCUT2D eigenvalue weighted by molar-refractivity contribution is -0.407. The van der Waals surface area contributed by atoms with Crippen LogP contribution < -0.4 is 0 Å².